The summed E-state index contributed by atoms with van der Waals surface area (Å²) in [6, 6.07) is 15.2. The molecule has 0 radical (unpaired) electrons. The van der Waals surface area contributed by atoms with Crippen LogP contribution in [0.5, 0.6) is 5.75 Å². The third-order valence-corrected chi connectivity index (χ3v) is 4.10. The Balaban J connectivity index is 1.64. The topological polar surface area (TPSA) is 83.9 Å². The van der Waals surface area contributed by atoms with Crippen molar-refractivity contribution >= 4 is 17.8 Å². The molecule has 1 N–H and O–H groups in total. The molecule has 25 heavy (non-hydrogen) atoms. The fourth-order valence-corrected chi connectivity index (χ4v) is 2.80. The molecule has 1 fully saturated rings. The summed E-state index contributed by atoms with van der Waals surface area (Å²) < 4.78 is 5.21. The molecule has 3 rings (SSSR count). The third-order valence-electron chi connectivity index (χ3n) is 4.10. The third kappa shape index (κ3) is 3.85. The fraction of sp³-hybridized carbons (Fsp3) is 0.211. The van der Waals surface area contributed by atoms with E-state index in [0.29, 0.717) is 19.5 Å². The van der Waals surface area contributed by atoms with Gasteiger partial charge in [0.05, 0.1) is 5.56 Å². The Morgan fingerprint density at radius 3 is 2.60 bits per heavy atom. The molecular weight excluding hydrogens is 322 g/mol. The highest BCUT2D eigenvalue weighted by Gasteiger charge is 2.38. The van der Waals surface area contributed by atoms with E-state index in [2.05, 4.69) is 0 Å². The number of esters is 1. The molecular formula is C19H17NO5. The van der Waals surface area contributed by atoms with Crippen LogP contribution in [-0.2, 0) is 16.1 Å². The van der Waals surface area contributed by atoms with Crippen LogP contribution in [0.4, 0.5) is 0 Å². The molecule has 2 aromatic rings. The number of amides is 1. The fourth-order valence-electron chi connectivity index (χ4n) is 2.80. The van der Waals surface area contributed by atoms with Gasteiger partial charge in [-0.3, -0.25) is 9.59 Å². The summed E-state index contributed by atoms with van der Waals surface area (Å²) in [5.74, 6) is -2.74. The van der Waals surface area contributed by atoms with E-state index in [1.54, 1.807) is 4.90 Å². The zero-order valence-corrected chi connectivity index (χ0v) is 13.4. The first-order valence-electron chi connectivity index (χ1n) is 7.92. The quantitative estimate of drug-likeness (QED) is 0.513. The summed E-state index contributed by atoms with van der Waals surface area (Å²) in [6.07, 6.45) is 0.392. The largest absolute Gasteiger partial charge is 0.478 e. The summed E-state index contributed by atoms with van der Waals surface area (Å²) in [7, 11) is 0. The van der Waals surface area contributed by atoms with Crippen LogP contribution in [0, 0.1) is 5.92 Å². The maximum atomic E-state index is 12.4. The Morgan fingerprint density at radius 2 is 1.88 bits per heavy atom. The average molecular weight is 339 g/mol. The van der Waals surface area contributed by atoms with Crippen molar-refractivity contribution < 1.29 is 24.2 Å². The summed E-state index contributed by atoms with van der Waals surface area (Å²) in [6.45, 7) is 0.945. The molecule has 1 aliphatic heterocycles. The van der Waals surface area contributed by atoms with Gasteiger partial charge in [-0.05, 0) is 30.2 Å². The summed E-state index contributed by atoms with van der Waals surface area (Å²) >= 11 is 0. The molecule has 6 heteroatoms. The maximum Gasteiger partial charge on any atom is 0.335 e. The van der Waals surface area contributed by atoms with Crippen molar-refractivity contribution in [3.05, 3.63) is 65.7 Å². The van der Waals surface area contributed by atoms with Crippen LogP contribution in [0.15, 0.2) is 54.6 Å². The van der Waals surface area contributed by atoms with Gasteiger partial charge in [-0.25, -0.2) is 4.79 Å². The second kappa shape index (κ2) is 7.17. The van der Waals surface area contributed by atoms with Crippen molar-refractivity contribution in [1.29, 1.82) is 0 Å². The number of likely N-dealkylation sites (tertiary alicyclic amines) is 1. The van der Waals surface area contributed by atoms with Crippen LogP contribution in [-0.4, -0.2) is 34.4 Å². The first kappa shape index (κ1) is 16.7. The normalized spacial score (nSPS) is 16.7. The van der Waals surface area contributed by atoms with Crippen LogP contribution < -0.4 is 4.74 Å². The van der Waals surface area contributed by atoms with Gasteiger partial charge < -0.3 is 14.7 Å². The lowest BCUT2D eigenvalue weighted by molar-refractivity contribution is -0.145. The van der Waals surface area contributed by atoms with Gasteiger partial charge in [0.2, 0.25) is 5.91 Å². The van der Waals surface area contributed by atoms with Crippen molar-refractivity contribution in [3.8, 4) is 5.75 Å². The molecule has 0 bridgehead atoms. The second-order valence-electron chi connectivity index (χ2n) is 5.84. The lowest BCUT2D eigenvalue weighted by Gasteiger charge is -2.16. The smallest absolute Gasteiger partial charge is 0.335 e. The van der Waals surface area contributed by atoms with E-state index in [1.807, 2.05) is 30.3 Å². The molecule has 6 nitrogen and oxygen atoms in total. The molecule has 1 amide bonds. The van der Waals surface area contributed by atoms with E-state index in [0.717, 1.165) is 5.56 Å². The molecule has 128 valence electrons. The van der Waals surface area contributed by atoms with Crippen LogP contribution in [0.2, 0.25) is 0 Å². The molecule has 0 spiro atoms. The van der Waals surface area contributed by atoms with E-state index in [9.17, 15) is 14.4 Å². The zero-order valence-electron chi connectivity index (χ0n) is 13.4. The van der Waals surface area contributed by atoms with E-state index in [-0.39, 0.29) is 17.2 Å². The van der Waals surface area contributed by atoms with Gasteiger partial charge in [0.15, 0.2) is 0 Å². The Hall–Kier alpha value is -3.15. The van der Waals surface area contributed by atoms with Crippen molar-refractivity contribution in [2.45, 2.75) is 13.0 Å². The SMILES string of the molecule is O=C(O)c1cccc(OC(=O)C2CCN(Cc3ccccc3)C2=O)c1. The first-order valence-corrected chi connectivity index (χ1v) is 7.92. The number of hydrogen-bond donors (Lipinski definition) is 1. The molecule has 1 heterocycles. The van der Waals surface area contributed by atoms with Crippen LogP contribution in [0.25, 0.3) is 0 Å². The van der Waals surface area contributed by atoms with Gasteiger partial charge in [-0.1, -0.05) is 36.4 Å². The number of ether oxygens (including phenoxy) is 1. The van der Waals surface area contributed by atoms with Crippen LogP contribution >= 0.6 is 0 Å². The number of hydrogen-bond acceptors (Lipinski definition) is 4. The number of aromatic carboxylic acids is 1. The average Bonchev–Trinajstić information content (AvgIpc) is 2.97. The Labute approximate surface area is 144 Å². The van der Waals surface area contributed by atoms with Crippen molar-refractivity contribution in [2.75, 3.05) is 6.54 Å². The number of carboxylic acid groups (broad SMARTS) is 1. The highest BCUT2D eigenvalue weighted by Crippen LogP contribution is 2.23. The Morgan fingerprint density at radius 1 is 1.12 bits per heavy atom. The van der Waals surface area contributed by atoms with Gasteiger partial charge in [0, 0.05) is 13.1 Å². The molecule has 2 aromatic carbocycles. The zero-order chi connectivity index (χ0) is 17.8. The lowest BCUT2D eigenvalue weighted by Crippen LogP contribution is -2.31. The van der Waals surface area contributed by atoms with E-state index < -0.39 is 17.9 Å². The van der Waals surface area contributed by atoms with Gasteiger partial charge in [0.1, 0.15) is 11.7 Å². The standard InChI is InChI=1S/C19H17NO5/c21-17-16(9-10-20(17)12-13-5-2-1-3-6-13)19(24)25-15-8-4-7-14(11-15)18(22)23/h1-8,11,16H,9-10,12H2,(H,22,23). The molecule has 1 atom stereocenters. The number of carboxylic acids is 1. The Kier molecular flexibility index (Phi) is 4.79. The molecule has 0 aromatic heterocycles. The minimum atomic E-state index is -1.11. The number of carbonyl (C=O) groups is 3. The molecule has 1 unspecified atom stereocenters. The first-order chi connectivity index (χ1) is 12.0. The Bertz CT molecular complexity index is 802. The highest BCUT2D eigenvalue weighted by molar-refractivity contribution is 6.00. The second-order valence-corrected chi connectivity index (χ2v) is 5.84. The maximum absolute atomic E-state index is 12.4. The predicted molar refractivity (Wildman–Crippen MR) is 89.0 cm³/mol. The van der Waals surface area contributed by atoms with E-state index in [1.165, 1.54) is 24.3 Å². The minimum absolute atomic E-state index is 0.0220. The van der Waals surface area contributed by atoms with Gasteiger partial charge in [0.25, 0.3) is 0 Å². The predicted octanol–water partition coefficient (Wildman–Crippen LogP) is 2.34. The summed E-state index contributed by atoms with van der Waals surface area (Å²) in [5.41, 5.74) is 1.02. The van der Waals surface area contributed by atoms with Crippen molar-refractivity contribution in [3.63, 3.8) is 0 Å². The minimum Gasteiger partial charge on any atom is -0.478 e. The van der Waals surface area contributed by atoms with Crippen molar-refractivity contribution in [2.24, 2.45) is 5.92 Å². The molecule has 0 aliphatic carbocycles. The highest BCUT2D eigenvalue weighted by atomic mass is 16.5. The van der Waals surface area contributed by atoms with E-state index >= 15 is 0 Å². The summed E-state index contributed by atoms with van der Waals surface area (Å²) in [4.78, 5) is 37.3. The molecule has 1 saturated heterocycles. The van der Waals surface area contributed by atoms with Crippen molar-refractivity contribution in [1.82, 2.24) is 4.90 Å². The lowest BCUT2D eigenvalue weighted by atomic mass is 10.1. The van der Waals surface area contributed by atoms with Crippen LogP contribution in [0.1, 0.15) is 22.3 Å². The molecule has 1 aliphatic rings. The number of nitrogens with zero attached hydrogens (tertiary/aromatic N) is 1. The van der Waals surface area contributed by atoms with Crippen LogP contribution in [0.3, 0.4) is 0 Å². The molecule has 0 saturated carbocycles. The summed E-state index contributed by atoms with van der Waals surface area (Å²) in [5, 5.41) is 8.97. The monoisotopic (exact) mass is 339 g/mol. The van der Waals surface area contributed by atoms with E-state index in [4.69, 9.17) is 9.84 Å². The number of benzene rings is 2. The van der Waals surface area contributed by atoms with Gasteiger partial charge in [-0.15, -0.1) is 0 Å². The number of rotatable bonds is 5. The van der Waals surface area contributed by atoms with Gasteiger partial charge in [-0.2, -0.15) is 0 Å². The van der Waals surface area contributed by atoms with Gasteiger partial charge >= 0.3 is 11.9 Å². The number of carbonyl (C=O) groups excluding carboxylic acids is 2.